The van der Waals surface area contributed by atoms with Gasteiger partial charge < -0.3 is 20.5 Å². The first-order chi connectivity index (χ1) is 19.1. The fraction of sp³-hybridized carbons (Fsp3) is 0.200. The van der Waals surface area contributed by atoms with Crippen molar-refractivity contribution >= 4 is 23.4 Å². The fourth-order valence-corrected chi connectivity index (χ4v) is 4.19. The molecule has 4 rings (SSSR count). The van der Waals surface area contributed by atoms with Gasteiger partial charge in [0.05, 0.1) is 12.1 Å². The number of esters is 1. The number of hydrogen-bond acceptors (Lipinski definition) is 7. The van der Waals surface area contributed by atoms with Crippen LogP contribution in [0.25, 0.3) is 11.1 Å². The summed E-state index contributed by atoms with van der Waals surface area (Å²) in [7, 11) is 0. The van der Waals surface area contributed by atoms with Crippen LogP contribution in [-0.4, -0.2) is 39.7 Å². The van der Waals surface area contributed by atoms with E-state index in [9.17, 15) is 24.3 Å². The smallest absolute Gasteiger partial charge is 0.338 e. The minimum Gasteiger partial charge on any atom is -0.508 e. The molecule has 206 valence electrons. The second kappa shape index (κ2) is 12.2. The molecule has 1 heterocycles. The van der Waals surface area contributed by atoms with E-state index in [1.54, 1.807) is 48.5 Å². The molecule has 0 spiro atoms. The SMILES string of the molecule is CC(C)CN(C(=O)COC(=O)c1ccc(-c2ccc(O)cc2)cc1)c1c(N)n(Cc2ccccc2)c(=O)[nH]c1=O. The van der Waals surface area contributed by atoms with E-state index in [-0.39, 0.29) is 41.8 Å². The first-order valence-corrected chi connectivity index (χ1v) is 12.7. The van der Waals surface area contributed by atoms with Crippen LogP contribution in [0.4, 0.5) is 11.5 Å². The Morgan fingerprint density at radius 3 is 2.15 bits per heavy atom. The molecule has 0 aliphatic carbocycles. The Kier molecular flexibility index (Phi) is 8.48. The molecule has 4 N–H and O–H groups in total. The number of hydrogen-bond donors (Lipinski definition) is 3. The second-order valence-corrected chi connectivity index (χ2v) is 9.66. The summed E-state index contributed by atoms with van der Waals surface area (Å²) in [4.78, 5) is 54.8. The number of ether oxygens (including phenoxy) is 1. The molecule has 0 atom stereocenters. The van der Waals surface area contributed by atoms with Crippen LogP contribution >= 0.6 is 0 Å². The second-order valence-electron chi connectivity index (χ2n) is 9.66. The molecular formula is C30H30N4O6. The fourth-order valence-electron chi connectivity index (χ4n) is 4.19. The van der Waals surface area contributed by atoms with Crippen LogP contribution in [0, 0.1) is 5.92 Å². The van der Waals surface area contributed by atoms with Crippen LogP contribution in [0.3, 0.4) is 0 Å². The number of aromatic amines is 1. The first-order valence-electron chi connectivity index (χ1n) is 12.7. The summed E-state index contributed by atoms with van der Waals surface area (Å²) in [6, 6.07) is 22.3. The van der Waals surface area contributed by atoms with Gasteiger partial charge in [0.15, 0.2) is 12.3 Å². The van der Waals surface area contributed by atoms with Gasteiger partial charge in [0.25, 0.3) is 11.5 Å². The number of rotatable bonds is 9. The van der Waals surface area contributed by atoms with Gasteiger partial charge in [0.2, 0.25) is 0 Å². The summed E-state index contributed by atoms with van der Waals surface area (Å²) >= 11 is 0. The molecule has 1 aromatic heterocycles. The number of aromatic nitrogens is 2. The van der Waals surface area contributed by atoms with Crippen molar-refractivity contribution < 1.29 is 19.4 Å². The van der Waals surface area contributed by atoms with Crippen molar-refractivity contribution in [2.24, 2.45) is 5.92 Å². The highest BCUT2D eigenvalue weighted by molar-refractivity contribution is 5.98. The van der Waals surface area contributed by atoms with E-state index in [1.165, 1.54) is 4.57 Å². The monoisotopic (exact) mass is 542 g/mol. The van der Waals surface area contributed by atoms with Gasteiger partial charge in [-0.25, -0.2) is 9.59 Å². The molecule has 40 heavy (non-hydrogen) atoms. The highest BCUT2D eigenvalue weighted by Crippen LogP contribution is 2.23. The predicted octanol–water partition coefficient (Wildman–Crippen LogP) is 3.39. The number of H-pyrrole nitrogens is 1. The third-order valence-corrected chi connectivity index (χ3v) is 6.16. The Morgan fingerprint density at radius 1 is 0.950 bits per heavy atom. The van der Waals surface area contributed by atoms with Crippen molar-refractivity contribution in [3.63, 3.8) is 0 Å². The summed E-state index contributed by atoms with van der Waals surface area (Å²) in [6.45, 7) is 3.27. The Bertz CT molecular complexity index is 1610. The van der Waals surface area contributed by atoms with Crippen molar-refractivity contribution in [2.45, 2.75) is 20.4 Å². The lowest BCUT2D eigenvalue weighted by Gasteiger charge is -2.26. The third kappa shape index (κ3) is 6.47. The normalized spacial score (nSPS) is 10.9. The maximum Gasteiger partial charge on any atom is 0.338 e. The summed E-state index contributed by atoms with van der Waals surface area (Å²) in [6.07, 6.45) is 0. The summed E-state index contributed by atoms with van der Waals surface area (Å²) in [5.41, 5.74) is 7.31. The topological polar surface area (TPSA) is 148 Å². The Morgan fingerprint density at radius 2 is 1.55 bits per heavy atom. The molecule has 4 aromatic rings. The lowest BCUT2D eigenvalue weighted by molar-refractivity contribution is -0.121. The average molecular weight is 543 g/mol. The standard InChI is InChI=1S/C30H30N4O6/c1-19(2)16-33(26-27(31)34(30(39)32-28(26)37)17-20-6-4-3-5-7-20)25(36)18-40-29(38)23-10-8-21(9-11-23)22-12-14-24(35)15-13-22/h3-15,19,35H,16-18,31H2,1-2H3,(H,32,37,39). The maximum absolute atomic E-state index is 13.3. The zero-order valence-corrected chi connectivity index (χ0v) is 22.2. The van der Waals surface area contributed by atoms with E-state index >= 15 is 0 Å². The minimum atomic E-state index is -0.808. The molecule has 0 saturated carbocycles. The molecule has 0 unspecified atom stereocenters. The highest BCUT2D eigenvalue weighted by atomic mass is 16.5. The van der Waals surface area contributed by atoms with Crippen LogP contribution < -0.4 is 21.9 Å². The third-order valence-electron chi connectivity index (χ3n) is 6.16. The van der Waals surface area contributed by atoms with Gasteiger partial charge in [-0.2, -0.15) is 0 Å². The number of carbonyl (C=O) groups is 2. The molecule has 10 nitrogen and oxygen atoms in total. The van der Waals surface area contributed by atoms with Crippen molar-refractivity contribution in [1.29, 1.82) is 0 Å². The number of carbonyl (C=O) groups excluding carboxylic acids is 2. The highest BCUT2D eigenvalue weighted by Gasteiger charge is 2.26. The van der Waals surface area contributed by atoms with Gasteiger partial charge >= 0.3 is 11.7 Å². The molecule has 0 saturated heterocycles. The number of phenolic OH excluding ortho intramolecular Hbond substituents is 1. The lowest BCUT2D eigenvalue weighted by Crippen LogP contribution is -2.44. The number of benzene rings is 3. The van der Waals surface area contributed by atoms with Crippen LogP contribution in [0.2, 0.25) is 0 Å². The molecule has 0 aliphatic rings. The van der Waals surface area contributed by atoms with Crippen molar-refractivity contribution in [3.8, 4) is 16.9 Å². The molecule has 1 amide bonds. The van der Waals surface area contributed by atoms with Crippen molar-refractivity contribution in [1.82, 2.24) is 9.55 Å². The van der Waals surface area contributed by atoms with E-state index in [4.69, 9.17) is 10.5 Å². The largest absolute Gasteiger partial charge is 0.508 e. The van der Waals surface area contributed by atoms with E-state index in [0.29, 0.717) is 0 Å². The number of nitrogens with one attached hydrogen (secondary N) is 1. The van der Waals surface area contributed by atoms with Crippen LogP contribution in [0.5, 0.6) is 5.75 Å². The molecule has 0 fully saturated rings. The van der Waals surface area contributed by atoms with Gasteiger partial charge in [0, 0.05) is 6.54 Å². The zero-order chi connectivity index (χ0) is 28.8. The number of aromatic hydroxyl groups is 1. The summed E-state index contributed by atoms with van der Waals surface area (Å²) < 4.78 is 6.47. The molecule has 0 aliphatic heterocycles. The van der Waals surface area contributed by atoms with Gasteiger partial charge in [-0.3, -0.25) is 19.1 Å². The molecule has 0 bridgehead atoms. The van der Waals surface area contributed by atoms with Crippen molar-refractivity contribution in [2.75, 3.05) is 23.8 Å². The molecular weight excluding hydrogens is 512 g/mol. The van der Waals surface area contributed by atoms with E-state index < -0.39 is 29.7 Å². The molecule has 0 radical (unpaired) electrons. The van der Waals surface area contributed by atoms with Crippen LogP contribution in [0.1, 0.15) is 29.8 Å². The molecule has 3 aromatic carbocycles. The van der Waals surface area contributed by atoms with Gasteiger partial charge in [-0.05, 0) is 46.9 Å². The number of nitrogen functional groups attached to an aromatic ring is 1. The first kappa shape index (κ1) is 27.9. The lowest BCUT2D eigenvalue weighted by atomic mass is 10.0. The average Bonchev–Trinajstić information content (AvgIpc) is 2.94. The number of phenols is 1. The number of anilines is 2. The van der Waals surface area contributed by atoms with Crippen LogP contribution in [-0.2, 0) is 16.1 Å². The maximum atomic E-state index is 13.3. The van der Waals surface area contributed by atoms with E-state index in [1.807, 2.05) is 44.2 Å². The Hall–Kier alpha value is -5.12. The van der Waals surface area contributed by atoms with E-state index in [0.717, 1.165) is 21.6 Å². The van der Waals surface area contributed by atoms with E-state index in [2.05, 4.69) is 4.98 Å². The number of nitrogens with zero attached hydrogens (tertiary/aromatic N) is 2. The number of nitrogens with two attached hydrogens (primary N) is 1. The minimum absolute atomic E-state index is 0.0691. The van der Waals surface area contributed by atoms with Gasteiger partial charge in [0.1, 0.15) is 11.6 Å². The quantitative estimate of drug-likeness (QED) is 0.275. The molecule has 10 heteroatoms. The van der Waals surface area contributed by atoms with Crippen molar-refractivity contribution in [3.05, 3.63) is 111 Å². The zero-order valence-electron chi connectivity index (χ0n) is 22.2. The van der Waals surface area contributed by atoms with Crippen LogP contribution in [0.15, 0.2) is 88.5 Å². The predicted molar refractivity (Wildman–Crippen MR) is 152 cm³/mol. The Balaban J connectivity index is 1.53. The summed E-state index contributed by atoms with van der Waals surface area (Å²) in [5.74, 6) is -1.46. The van der Waals surface area contributed by atoms with Gasteiger partial charge in [-0.1, -0.05) is 68.4 Å². The number of amides is 1. The summed E-state index contributed by atoms with van der Waals surface area (Å²) in [5, 5.41) is 9.47. The Labute approximate surface area is 230 Å². The van der Waals surface area contributed by atoms with Gasteiger partial charge in [-0.15, -0.1) is 0 Å².